The second kappa shape index (κ2) is 4.90. The summed E-state index contributed by atoms with van der Waals surface area (Å²) in [6.45, 7) is 2.07. The Balaban J connectivity index is 2.47. The molecule has 2 aromatic rings. The number of fused-ring (bicyclic) bond motifs is 2. The van der Waals surface area contributed by atoms with Crippen molar-refractivity contribution in [3.63, 3.8) is 0 Å². The second-order valence-corrected chi connectivity index (χ2v) is 5.99. The molecule has 0 saturated heterocycles. The van der Waals surface area contributed by atoms with Crippen LogP contribution in [0.25, 0.3) is 10.9 Å². The minimum atomic E-state index is -0.930. The Morgan fingerprint density at radius 3 is 2.85 bits per heavy atom. The SMILES string of the molecule is CC1CCCc2c1nc1c(Cl)c(Cl)ccc1c2C(=O)O. The summed E-state index contributed by atoms with van der Waals surface area (Å²) >= 11 is 12.2. The van der Waals surface area contributed by atoms with E-state index < -0.39 is 5.97 Å². The van der Waals surface area contributed by atoms with Gasteiger partial charge >= 0.3 is 5.97 Å². The van der Waals surface area contributed by atoms with Crippen LogP contribution in [0.2, 0.25) is 10.0 Å². The molecule has 1 aliphatic carbocycles. The zero-order valence-corrected chi connectivity index (χ0v) is 12.4. The van der Waals surface area contributed by atoms with Crippen LogP contribution in [0.15, 0.2) is 12.1 Å². The summed E-state index contributed by atoms with van der Waals surface area (Å²) < 4.78 is 0. The maximum Gasteiger partial charge on any atom is 0.336 e. The highest BCUT2D eigenvalue weighted by molar-refractivity contribution is 6.45. The predicted octanol–water partition coefficient (Wildman–Crippen LogP) is 4.68. The minimum absolute atomic E-state index is 0.247. The van der Waals surface area contributed by atoms with Gasteiger partial charge in [0.05, 0.1) is 21.1 Å². The van der Waals surface area contributed by atoms with Crippen molar-refractivity contribution in [3.05, 3.63) is 39.0 Å². The monoisotopic (exact) mass is 309 g/mol. The van der Waals surface area contributed by atoms with E-state index >= 15 is 0 Å². The molecule has 20 heavy (non-hydrogen) atoms. The minimum Gasteiger partial charge on any atom is -0.478 e. The fourth-order valence-corrected chi connectivity index (χ4v) is 3.32. The van der Waals surface area contributed by atoms with Gasteiger partial charge in [0.15, 0.2) is 0 Å². The lowest BCUT2D eigenvalue weighted by Gasteiger charge is -2.24. The fraction of sp³-hybridized carbons (Fsp3) is 0.333. The molecule has 0 spiro atoms. The predicted molar refractivity (Wildman–Crippen MR) is 80.1 cm³/mol. The van der Waals surface area contributed by atoms with Gasteiger partial charge in [0.25, 0.3) is 0 Å². The summed E-state index contributed by atoms with van der Waals surface area (Å²) in [5.74, 6) is -0.683. The molecule has 1 N–H and O–H groups in total. The van der Waals surface area contributed by atoms with Crippen LogP contribution in [0.3, 0.4) is 0 Å². The number of pyridine rings is 1. The lowest BCUT2D eigenvalue weighted by Crippen LogP contribution is -2.15. The zero-order valence-electron chi connectivity index (χ0n) is 10.9. The molecule has 0 aliphatic heterocycles. The lowest BCUT2D eigenvalue weighted by atomic mass is 9.84. The third-order valence-corrected chi connectivity index (χ3v) is 4.72. The maximum absolute atomic E-state index is 11.7. The van der Waals surface area contributed by atoms with Crippen LogP contribution >= 0.6 is 23.2 Å². The van der Waals surface area contributed by atoms with E-state index in [0.717, 1.165) is 30.5 Å². The van der Waals surface area contributed by atoms with Crippen LogP contribution < -0.4 is 0 Å². The maximum atomic E-state index is 11.7. The summed E-state index contributed by atoms with van der Waals surface area (Å²) in [5, 5.41) is 10.9. The molecule has 1 unspecified atom stereocenters. The average Bonchev–Trinajstić information content (AvgIpc) is 2.41. The number of benzene rings is 1. The Labute approximate surface area is 126 Å². The van der Waals surface area contributed by atoms with Gasteiger partial charge < -0.3 is 5.11 Å². The number of aromatic carboxylic acids is 1. The van der Waals surface area contributed by atoms with Crippen molar-refractivity contribution in [2.75, 3.05) is 0 Å². The van der Waals surface area contributed by atoms with Crippen LogP contribution in [0.5, 0.6) is 0 Å². The highest BCUT2D eigenvalue weighted by Gasteiger charge is 2.26. The summed E-state index contributed by atoms with van der Waals surface area (Å²) in [6.07, 6.45) is 2.76. The molecule has 1 aromatic heterocycles. The molecule has 0 saturated carbocycles. The van der Waals surface area contributed by atoms with E-state index in [2.05, 4.69) is 11.9 Å². The summed E-state index contributed by atoms with van der Waals surface area (Å²) in [6, 6.07) is 3.32. The van der Waals surface area contributed by atoms with Crippen molar-refractivity contribution in [1.29, 1.82) is 0 Å². The van der Waals surface area contributed by atoms with Gasteiger partial charge in [0.1, 0.15) is 0 Å². The molecule has 0 fully saturated rings. The number of aromatic nitrogens is 1. The Morgan fingerprint density at radius 2 is 2.15 bits per heavy atom. The largest absolute Gasteiger partial charge is 0.478 e. The number of rotatable bonds is 1. The third kappa shape index (κ3) is 1.97. The molecule has 0 bridgehead atoms. The topological polar surface area (TPSA) is 50.2 Å². The van der Waals surface area contributed by atoms with E-state index in [1.807, 2.05) is 0 Å². The molecule has 104 valence electrons. The fourth-order valence-electron chi connectivity index (χ4n) is 2.96. The number of hydrogen-bond acceptors (Lipinski definition) is 2. The number of carboxylic acid groups (broad SMARTS) is 1. The molecule has 1 heterocycles. The number of hydrogen-bond donors (Lipinski definition) is 1. The Hall–Kier alpha value is -1.32. The van der Waals surface area contributed by atoms with Crippen LogP contribution in [0.4, 0.5) is 0 Å². The third-order valence-electron chi connectivity index (χ3n) is 3.93. The van der Waals surface area contributed by atoms with E-state index in [0.29, 0.717) is 26.5 Å². The molecular weight excluding hydrogens is 297 g/mol. The van der Waals surface area contributed by atoms with Crippen LogP contribution in [0, 0.1) is 0 Å². The van der Waals surface area contributed by atoms with Gasteiger partial charge in [-0.3, -0.25) is 4.98 Å². The smallest absolute Gasteiger partial charge is 0.336 e. The van der Waals surface area contributed by atoms with Crippen LogP contribution in [0.1, 0.15) is 47.3 Å². The second-order valence-electron chi connectivity index (χ2n) is 5.21. The first-order valence-electron chi connectivity index (χ1n) is 6.54. The van der Waals surface area contributed by atoms with Crippen molar-refractivity contribution in [1.82, 2.24) is 4.98 Å². The van der Waals surface area contributed by atoms with E-state index in [-0.39, 0.29) is 5.92 Å². The van der Waals surface area contributed by atoms with Crippen molar-refractivity contribution >= 4 is 40.1 Å². The molecule has 3 rings (SSSR count). The molecular formula is C15H13Cl2NO2. The molecule has 1 atom stereocenters. The average molecular weight is 310 g/mol. The first-order valence-corrected chi connectivity index (χ1v) is 7.30. The quantitative estimate of drug-likeness (QED) is 0.832. The molecule has 1 aromatic carbocycles. The van der Waals surface area contributed by atoms with Crippen molar-refractivity contribution in [2.45, 2.75) is 32.1 Å². The van der Waals surface area contributed by atoms with Crippen molar-refractivity contribution < 1.29 is 9.90 Å². The van der Waals surface area contributed by atoms with E-state index in [9.17, 15) is 9.90 Å². The summed E-state index contributed by atoms with van der Waals surface area (Å²) in [5.41, 5.74) is 2.52. The number of nitrogens with zero attached hydrogens (tertiary/aromatic N) is 1. The van der Waals surface area contributed by atoms with Gasteiger partial charge in [0.2, 0.25) is 0 Å². The van der Waals surface area contributed by atoms with E-state index in [1.165, 1.54) is 0 Å². The summed E-state index contributed by atoms with van der Waals surface area (Å²) in [4.78, 5) is 16.3. The Kier molecular flexibility index (Phi) is 3.35. The van der Waals surface area contributed by atoms with E-state index in [1.54, 1.807) is 12.1 Å². The highest BCUT2D eigenvalue weighted by Crippen LogP contribution is 2.38. The molecule has 0 amide bonds. The molecule has 1 aliphatic rings. The molecule has 3 nitrogen and oxygen atoms in total. The van der Waals surface area contributed by atoms with Crippen molar-refractivity contribution in [2.24, 2.45) is 0 Å². The van der Waals surface area contributed by atoms with Crippen LogP contribution in [-0.2, 0) is 6.42 Å². The van der Waals surface area contributed by atoms with Gasteiger partial charge in [0, 0.05) is 11.1 Å². The first-order chi connectivity index (χ1) is 9.50. The lowest BCUT2D eigenvalue weighted by molar-refractivity contribution is 0.0697. The normalized spacial score (nSPS) is 18.1. The first kappa shape index (κ1) is 13.7. The van der Waals surface area contributed by atoms with Gasteiger partial charge in [-0.2, -0.15) is 0 Å². The Bertz CT molecular complexity index is 728. The van der Waals surface area contributed by atoms with Gasteiger partial charge in [-0.05, 0) is 36.8 Å². The number of carbonyl (C=O) groups is 1. The van der Waals surface area contributed by atoms with E-state index in [4.69, 9.17) is 23.2 Å². The standard InChI is InChI=1S/C15H13Cl2NO2/c1-7-3-2-4-8-11(15(19)20)9-5-6-10(16)12(17)14(9)18-13(7)8/h5-7H,2-4H2,1H3,(H,19,20). The molecule has 5 heteroatoms. The van der Waals surface area contributed by atoms with Gasteiger partial charge in [-0.25, -0.2) is 4.79 Å². The number of carboxylic acids is 1. The summed E-state index contributed by atoms with van der Waals surface area (Å²) in [7, 11) is 0. The van der Waals surface area contributed by atoms with Crippen LogP contribution in [-0.4, -0.2) is 16.1 Å². The highest BCUT2D eigenvalue weighted by atomic mass is 35.5. The van der Waals surface area contributed by atoms with Gasteiger partial charge in [-0.1, -0.05) is 36.2 Å². The van der Waals surface area contributed by atoms with Crippen molar-refractivity contribution in [3.8, 4) is 0 Å². The van der Waals surface area contributed by atoms with Gasteiger partial charge in [-0.15, -0.1) is 0 Å². The zero-order chi connectivity index (χ0) is 14.4. The Morgan fingerprint density at radius 1 is 1.40 bits per heavy atom. The molecule has 0 radical (unpaired) electrons. The number of halogens is 2.